The second kappa shape index (κ2) is 13.3. The van der Waals surface area contributed by atoms with Crippen LogP contribution in [0.1, 0.15) is 57.4 Å². The van der Waals surface area contributed by atoms with Crippen LogP contribution >= 0.6 is 24.0 Å². The zero-order chi connectivity index (χ0) is 22.1. The van der Waals surface area contributed by atoms with Crippen molar-refractivity contribution in [1.82, 2.24) is 15.8 Å². The van der Waals surface area contributed by atoms with Crippen molar-refractivity contribution in [3.63, 3.8) is 0 Å². The maximum Gasteiger partial charge on any atom is 0.265 e. The highest BCUT2D eigenvalue weighted by atomic mass is 127. The molecule has 32 heavy (non-hydrogen) atoms. The predicted molar refractivity (Wildman–Crippen MR) is 137 cm³/mol. The largest absolute Gasteiger partial charge is 0.482 e. The number of para-hydroxylation sites is 2. The number of nitrogens with zero attached hydrogens (tertiary/aromatic N) is 3. The van der Waals surface area contributed by atoms with Gasteiger partial charge in [-0.05, 0) is 38.3 Å². The van der Waals surface area contributed by atoms with E-state index in [0.29, 0.717) is 25.6 Å². The average Bonchev–Trinajstić information content (AvgIpc) is 3.25. The molecule has 0 aliphatic carbocycles. The first-order valence-corrected chi connectivity index (χ1v) is 11.2. The number of anilines is 1. The van der Waals surface area contributed by atoms with E-state index in [1.807, 2.05) is 37.3 Å². The van der Waals surface area contributed by atoms with Crippen molar-refractivity contribution in [3.8, 4) is 5.75 Å². The Labute approximate surface area is 207 Å². The van der Waals surface area contributed by atoms with Crippen molar-refractivity contribution < 1.29 is 14.1 Å². The van der Waals surface area contributed by atoms with E-state index in [-0.39, 0.29) is 36.5 Å². The summed E-state index contributed by atoms with van der Waals surface area (Å²) in [5, 5.41) is 10.8. The van der Waals surface area contributed by atoms with Crippen molar-refractivity contribution in [2.45, 2.75) is 52.5 Å². The number of hydrogen-bond donors (Lipinski definition) is 2. The molecule has 0 fully saturated rings. The third kappa shape index (κ3) is 6.85. The fourth-order valence-electron chi connectivity index (χ4n) is 3.64. The summed E-state index contributed by atoms with van der Waals surface area (Å²) in [5.41, 5.74) is 1.83. The monoisotopic (exact) mass is 555 g/mol. The zero-order valence-electron chi connectivity index (χ0n) is 19.1. The minimum atomic E-state index is -0.0159. The quantitative estimate of drug-likeness (QED) is 0.199. The molecule has 1 aliphatic rings. The van der Waals surface area contributed by atoms with Gasteiger partial charge < -0.3 is 24.8 Å². The van der Waals surface area contributed by atoms with Gasteiger partial charge in [0.2, 0.25) is 0 Å². The third-order valence-corrected chi connectivity index (χ3v) is 5.38. The highest BCUT2D eigenvalue weighted by Gasteiger charge is 2.24. The highest BCUT2D eigenvalue weighted by molar-refractivity contribution is 14.0. The molecule has 1 aromatic heterocycles. The van der Waals surface area contributed by atoms with Gasteiger partial charge in [-0.3, -0.25) is 4.79 Å². The molecule has 0 atom stereocenters. The second-order valence-corrected chi connectivity index (χ2v) is 7.51. The first kappa shape index (κ1) is 26.0. The molecular weight excluding hydrogens is 521 g/mol. The van der Waals surface area contributed by atoms with E-state index < -0.39 is 0 Å². The summed E-state index contributed by atoms with van der Waals surface area (Å²) in [4.78, 5) is 18.7. The number of amides is 1. The lowest BCUT2D eigenvalue weighted by Gasteiger charge is -2.29. The number of aromatic nitrogens is 1. The Balaban J connectivity index is 0.00000363. The topological polar surface area (TPSA) is 92.0 Å². The van der Waals surface area contributed by atoms with Crippen LogP contribution in [-0.4, -0.2) is 43.3 Å². The molecule has 2 N–H and O–H groups in total. The second-order valence-electron chi connectivity index (χ2n) is 7.51. The van der Waals surface area contributed by atoms with Crippen LogP contribution in [0, 0.1) is 0 Å². The molecule has 1 amide bonds. The van der Waals surface area contributed by atoms with Gasteiger partial charge in [0.05, 0.1) is 11.4 Å². The van der Waals surface area contributed by atoms with Crippen LogP contribution in [0.5, 0.6) is 5.75 Å². The molecule has 0 spiro atoms. The minimum absolute atomic E-state index is 0. The normalized spacial score (nSPS) is 13.4. The molecule has 0 radical (unpaired) electrons. The molecule has 0 bridgehead atoms. The Morgan fingerprint density at radius 3 is 2.75 bits per heavy atom. The fraction of sp³-hybridized carbons (Fsp3) is 0.522. The summed E-state index contributed by atoms with van der Waals surface area (Å²) in [6, 6.07) is 9.64. The van der Waals surface area contributed by atoms with Crippen LogP contribution in [0.15, 0.2) is 39.8 Å². The Hall–Kier alpha value is -2.30. The standard InChI is InChI=1S/C23H33N5O3.HI/c1-4-17(5-2)19-14-18(31-27-19)15-26-23(24-6-3)25-12-9-13-28-20-10-7-8-11-21(20)30-16-22(28)29;/h7-8,10-11,14,17H,4-6,9,12-13,15-16H2,1-3H3,(H2,24,25,26);1H. The smallest absolute Gasteiger partial charge is 0.265 e. The van der Waals surface area contributed by atoms with Gasteiger partial charge in [0.15, 0.2) is 18.3 Å². The van der Waals surface area contributed by atoms with E-state index in [1.54, 1.807) is 4.90 Å². The van der Waals surface area contributed by atoms with E-state index >= 15 is 0 Å². The molecule has 0 saturated carbocycles. The van der Waals surface area contributed by atoms with Crippen LogP contribution in [0.25, 0.3) is 0 Å². The highest BCUT2D eigenvalue weighted by Crippen LogP contribution is 2.31. The molecular formula is C23H34IN5O3. The molecule has 3 rings (SSSR count). The van der Waals surface area contributed by atoms with E-state index in [2.05, 4.69) is 34.6 Å². The van der Waals surface area contributed by atoms with Crippen molar-refractivity contribution in [2.24, 2.45) is 4.99 Å². The lowest BCUT2D eigenvalue weighted by Crippen LogP contribution is -2.42. The maximum absolute atomic E-state index is 12.3. The zero-order valence-corrected chi connectivity index (χ0v) is 21.4. The number of benzene rings is 1. The van der Waals surface area contributed by atoms with E-state index in [9.17, 15) is 4.79 Å². The minimum Gasteiger partial charge on any atom is -0.482 e. The summed E-state index contributed by atoms with van der Waals surface area (Å²) in [6.45, 7) is 8.94. The van der Waals surface area contributed by atoms with Gasteiger partial charge in [-0.1, -0.05) is 31.1 Å². The van der Waals surface area contributed by atoms with Crippen molar-refractivity contribution in [3.05, 3.63) is 41.8 Å². The number of nitrogens with one attached hydrogen (secondary N) is 2. The molecule has 0 saturated heterocycles. The van der Waals surface area contributed by atoms with Gasteiger partial charge in [-0.2, -0.15) is 0 Å². The number of fused-ring (bicyclic) bond motifs is 1. The first-order valence-electron chi connectivity index (χ1n) is 11.2. The average molecular weight is 555 g/mol. The van der Waals surface area contributed by atoms with Crippen LogP contribution in [0.3, 0.4) is 0 Å². The van der Waals surface area contributed by atoms with Gasteiger partial charge in [0.25, 0.3) is 5.91 Å². The Kier molecular flexibility index (Phi) is 10.8. The molecule has 176 valence electrons. The van der Waals surface area contributed by atoms with Gasteiger partial charge in [-0.15, -0.1) is 24.0 Å². The number of ether oxygens (including phenoxy) is 1. The van der Waals surface area contributed by atoms with Crippen LogP contribution in [-0.2, 0) is 11.3 Å². The number of carbonyl (C=O) groups excluding carboxylic acids is 1. The summed E-state index contributed by atoms with van der Waals surface area (Å²) < 4.78 is 11.0. The van der Waals surface area contributed by atoms with Crippen LogP contribution < -0.4 is 20.3 Å². The fourth-order valence-corrected chi connectivity index (χ4v) is 3.64. The number of aliphatic imine (C=N–C) groups is 1. The van der Waals surface area contributed by atoms with Crippen LogP contribution in [0.4, 0.5) is 5.69 Å². The molecule has 1 aromatic carbocycles. The molecule has 2 aromatic rings. The van der Waals surface area contributed by atoms with Crippen LogP contribution in [0.2, 0.25) is 0 Å². The van der Waals surface area contributed by atoms with Crippen molar-refractivity contribution in [2.75, 3.05) is 31.1 Å². The predicted octanol–water partition coefficient (Wildman–Crippen LogP) is 4.07. The lowest BCUT2D eigenvalue weighted by atomic mass is 9.99. The molecule has 1 aliphatic heterocycles. The van der Waals surface area contributed by atoms with Gasteiger partial charge >= 0.3 is 0 Å². The SMILES string of the molecule is CCNC(=NCc1cc(C(CC)CC)no1)NCCCN1C(=O)COc2ccccc21.I. The number of guanidine groups is 1. The van der Waals surface area contributed by atoms with Crippen molar-refractivity contribution in [1.29, 1.82) is 0 Å². The maximum atomic E-state index is 12.3. The van der Waals surface area contributed by atoms with Gasteiger partial charge in [0.1, 0.15) is 12.3 Å². The van der Waals surface area contributed by atoms with E-state index in [0.717, 1.165) is 54.7 Å². The van der Waals surface area contributed by atoms with Crippen molar-refractivity contribution >= 4 is 41.5 Å². The first-order chi connectivity index (χ1) is 15.2. The van der Waals surface area contributed by atoms with Gasteiger partial charge in [0, 0.05) is 31.6 Å². The van der Waals surface area contributed by atoms with Gasteiger partial charge in [-0.25, -0.2) is 4.99 Å². The third-order valence-electron chi connectivity index (χ3n) is 5.38. The summed E-state index contributed by atoms with van der Waals surface area (Å²) in [7, 11) is 0. The number of rotatable bonds is 10. The number of halogens is 1. The summed E-state index contributed by atoms with van der Waals surface area (Å²) in [5.74, 6) is 2.65. The number of carbonyl (C=O) groups is 1. The number of hydrogen-bond acceptors (Lipinski definition) is 5. The van der Waals surface area contributed by atoms with E-state index in [1.165, 1.54) is 0 Å². The summed E-state index contributed by atoms with van der Waals surface area (Å²) in [6.07, 6.45) is 2.88. The molecule has 8 nitrogen and oxygen atoms in total. The Morgan fingerprint density at radius 2 is 2.00 bits per heavy atom. The Morgan fingerprint density at radius 1 is 1.22 bits per heavy atom. The molecule has 9 heteroatoms. The Bertz CT molecular complexity index is 882. The van der Waals surface area contributed by atoms with E-state index in [4.69, 9.17) is 9.26 Å². The molecule has 0 unspecified atom stereocenters. The summed E-state index contributed by atoms with van der Waals surface area (Å²) >= 11 is 0. The lowest BCUT2D eigenvalue weighted by molar-refractivity contribution is -0.121. The molecule has 2 heterocycles.